The van der Waals surface area contributed by atoms with E-state index in [-0.39, 0.29) is 5.91 Å². The lowest BCUT2D eigenvalue weighted by Gasteiger charge is -2.15. The van der Waals surface area contributed by atoms with Gasteiger partial charge in [0.2, 0.25) is 11.0 Å². The number of hydrogen-bond donors (Lipinski definition) is 1. The first-order chi connectivity index (χ1) is 10.1. The summed E-state index contributed by atoms with van der Waals surface area (Å²) < 4.78 is 5.63. The van der Waals surface area contributed by atoms with Gasteiger partial charge in [0, 0.05) is 12.3 Å². The van der Waals surface area contributed by atoms with Gasteiger partial charge < -0.3 is 15.4 Å². The van der Waals surface area contributed by atoms with E-state index in [9.17, 15) is 9.59 Å². The smallest absolute Gasteiger partial charge is 0.333 e. The van der Waals surface area contributed by atoms with Crippen LogP contribution in [0.25, 0.3) is 0 Å². The molecule has 1 aromatic heterocycles. The zero-order valence-corrected chi connectivity index (χ0v) is 13.7. The molecular weight excluding hydrogens is 332 g/mol. The Bertz CT molecular complexity index is 561. The maximum Gasteiger partial charge on any atom is 0.333 e. The van der Waals surface area contributed by atoms with Gasteiger partial charge >= 0.3 is 5.97 Å². The zero-order valence-electron chi connectivity index (χ0n) is 11.3. The summed E-state index contributed by atoms with van der Waals surface area (Å²) in [6, 6.07) is 0. The van der Waals surface area contributed by atoms with Crippen molar-refractivity contribution in [3.8, 4) is 0 Å². The van der Waals surface area contributed by atoms with E-state index in [1.54, 1.807) is 11.8 Å². The van der Waals surface area contributed by atoms with E-state index in [2.05, 4.69) is 10.2 Å². The SMILES string of the molecule is CCOC(=O)/C=C1/SCC(=O)N1CCSc1nnc(N)s1. The number of ether oxygens (including phenoxy) is 1. The molecule has 2 N–H and O–H groups in total. The number of nitrogens with zero attached hydrogens (tertiary/aromatic N) is 3. The van der Waals surface area contributed by atoms with Crippen LogP contribution in [0.2, 0.25) is 0 Å². The lowest BCUT2D eigenvalue weighted by atomic mass is 10.5. The normalized spacial score (nSPS) is 16.7. The number of amides is 1. The van der Waals surface area contributed by atoms with Crippen molar-refractivity contribution in [3.05, 3.63) is 11.1 Å². The van der Waals surface area contributed by atoms with Crippen molar-refractivity contribution in [3.63, 3.8) is 0 Å². The van der Waals surface area contributed by atoms with Crippen LogP contribution < -0.4 is 5.73 Å². The largest absolute Gasteiger partial charge is 0.463 e. The quantitative estimate of drug-likeness (QED) is 0.466. The van der Waals surface area contributed by atoms with E-state index in [0.717, 1.165) is 4.34 Å². The van der Waals surface area contributed by atoms with Crippen LogP contribution >= 0.6 is 34.9 Å². The van der Waals surface area contributed by atoms with E-state index < -0.39 is 5.97 Å². The topological polar surface area (TPSA) is 98.4 Å². The molecule has 2 rings (SSSR count). The maximum atomic E-state index is 11.8. The summed E-state index contributed by atoms with van der Waals surface area (Å²) in [5.74, 6) is 0.570. The van der Waals surface area contributed by atoms with E-state index in [4.69, 9.17) is 10.5 Å². The monoisotopic (exact) mass is 346 g/mol. The Morgan fingerprint density at radius 2 is 2.38 bits per heavy atom. The number of esters is 1. The maximum absolute atomic E-state index is 11.8. The summed E-state index contributed by atoms with van der Waals surface area (Å²) in [6.45, 7) is 2.56. The van der Waals surface area contributed by atoms with Crippen molar-refractivity contribution in [2.75, 3.05) is 30.4 Å². The molecule has 0 aromatic carbocycles. The molecule has 0 atom stereocenters. The Morgan fingerprint density at radius 3 is 3.05 bits per heavy atom. The molecular formula is C11H14N4O3S3. The molecule has 1 aliphatic rings. The first-order valence-electron chi connectivity index (χ1n) is 6.13. The summed E-state index contributed by atoms with van der Waals surface area (Å²) in [5.41, 5.74) is 5.50. The van der Waals surface area contributed by atoms with Crippen LogP contribution in [-0.4, -0.2) is 51.6 Å². The number of thioether (sulfide) groups is 2. The molecule has 21 heavy (non-hydrogen) atoms. The van der Waals surface area contributed by atoms with Crippen LogP contribution in [0.5, 0.6) is 0 Å². The minimum Gasteiger partial charge on any atom is -0.463 e. The fourth-order valence-corrected chi connectivity index (χ4v) is 4.14. The minimum atomic E-state index is -0.427. The van der Waals surface area contributed by atoms with E-state index in [0.29, 0.717) is 34.8 Å². The Morgan fingerprint density at radius 1 is 1.57 bits per heavy atom. The van der Waals surface area contributed by atoms with Gasteiger partial charge in [-0.3, -0.25) is 4.79 Å². The molecule has 1 aliphatic heterocycles. The summed E-state index contributed by atoms with van der Waals surface area (Å²) in [4.78, 5) is 24.9. The highest BCUT2D eigenvalue weighted by atomic mass is 32.2. The number of carbonyl (C=O) groups excluding carboxylic acids is 2. The van der Waals surface area contributed by atoms with E-state index in [1.807, 2.05) is 0 Å². The van der Waals surface area contributed by atoms with Crippen LogP contribution in [0, 0.1) is 0 Å². The molecule has 0 spiro atoms. The Balaban J connectivity index is 1.89. The average Bonchev–Trinajstić information content (AvgIpc) is 2.99. The van der Waals surface area contributed by atoms with Crippen LogP contribution in [0.1, 0.15) is 6.92 Å². The van der Waals surface area contributed by atoms with Gasteiger partial charge in [-0.1, -0.05) is 34.9 Å². The van der Waals surface area contributed by atoms with Gasteiger partial charge in [0.25, 0.3) is 0 Å². The highest BCUT2D eigenvalue weighted by Gasteiger charge is 2.27. The lowest BCUT2D eigenvalue weighted by molar-refractivity contribution is -0.137. The Kier molecular flexibility index (Phi) is 5.88. The fourth-order valence-electron chi connectivity index (χ4n) is 1.56. The molecule has 114 valence electrons. The van der Waals surface area contributed by atoms with Crippen molar-refractivity contribution < 1.29 is 14.3 Å². The van der Waals surface area contributed by atoms with Crippen molar-refractivity contribution >= 4 is 51.9 Å². The first kappa shape index (κ1) is 16.1. The molecule has 0 unspecified atom stereocenters. The Hall–Kier alpha value is -1.26. The molecule has 2 heterocycles. The molecule has 0 radical (unpaired) electrons. The number of nitrogen functional groups attached to an aromatic ring is 1. The second-order valence-electron chi connectivity index (χ2n) is 3.82. The molecule has 1 saturated heterocycles. The second-order valence-corrected chi connectivity index (χ2v) is 7.17. The van der Waals surface area contributed by atoms with Gasteiger partial charge in [-0.2, -0.15) is 0 Å². The molecule has 0 saturated carbocycles. The second kappa shape index (κ2) is 7.66. The predicted octanol–water partition coefficient (Wildman–Crippen LogP) is 1.19. The summed E-state index contributed by atoms with van der Waals surface area (Å²) in [7, 11) is 0. The third-order valence-corrected chi connectivity index (χ3v) is 5.29. The van der Waals surface area contributed by atoms with Gasteiger partial charge in [-0.15, -0.1) is 10.2 Å². The third kappa shape index (κ3) is 4.61. The van der Waals surface area contributed by atoms with Crippen molar-refractivity contribution in [2.24, 2.45) is 0 Å². The van der Waals surface area contributed by atoms with Crippen LogP contribution in [0.4, 0.5) is 5.13 Å². The van der Waals surface area contributed by atoms with Gasteiger partial charge in [0.1, 0.15) is 0 Å². The highest BCUT2D eigenvalue weighted by Crippen LogP contribution is 2.30. The molecule has 7 nitrogen and oxygen atoms in total. The predicted molar refractivity (Wildman–Crippen MR) is 83.9 cm³/mol. The third-order valence-electron chi connectivity index (χ3n) is 2.40. The fraction of sp³-hybridized carbons (Fsp3) is 0.455. The van der Waals surface area contributed by atoms with Crippen molar-refractivity contribution in [2.45, 2.75) is 11.3 Å². The van der Waals surface area contributed by atoms with Crippen LogP contribution in [-0.2, 0) is 14.3 Å². The number of rotatable bonds is 6. The number of nitrogens with two attached hydrogens (primary N) is 1. The number of hydrogen-bond acceptors (Lipinski definition) is 9. The van der Waals surface area contributed by atoms with Crippen molar-refractivity contribution in [1.29, 1.82) is 0 Å². The van der Waals surface area contributed by atoms with Crippen LogP contribution in [0.3, 0.4) is 0 Å². The summed E-state index contributed by atoms with van der Waals surface area (Å²) >= 11 is 4.14. The van der Waals surface area contributed by atoms with E-state index >= 15 is 0 Å². The van der Waals surface area contributed by atoms with Crippen LogP contribution in [0.15, 0.2) is 15.4 Å². The zero-order chi connectivity index (χ0) is 15.2. The van der Waals surface area contributed by atoms with Gasteiger partial charge in [-0.05, 0) is 6.92 Å². The van der Waals surface area contributed by atoms with Gasteiger partial charge in [0.05, 0.1) is 23.5 Å². The highest BCUT2D eigenvalue weighted by molar-refractivity contribution is 8.04. The summed E-state index contributed by atoms with van der Waals surface area (Å²) in [5, 5.41) is 8.68. The molecule has 1 amide bonds. The molecule has 0 bridgehead atoms. The minimum absolute atomic E-state index is 0.00655. The molecule has 1 fully saturated rings. The number of aromatic nitrogens is 2. The Labute approximate surface area is 134 Å². The number of anilines is 1. The summed E-state index contributed by atoms with van der Waals surface area (Å²) in [6.07, 6.45) is 1.37. The van der Waals surface area contributed by atoms with Gasteiger partial charge in [-0.25, -0.2) is 4.79 Å². The molecule has 10 heteroatoms. The first-order valence-corrected chi connectivity index (χ1v) is 8.92. The van der Waals surface area contributed by atoms with Crippen molar-refractivity contribution in [1.82, 2.24) is 15.1 Å². The molecule has 1 aromatic rings. The number of carbonyl (C=O) groups is 2. The van der Waals surface area contributed by atoms with E-state index in [1.165, 1.54) is 40.9 Å². The lowest BCUT2D eigenvalue weighted by Crippen LogP contribution is -2.27. The van der Waals surface area contributed by atoms with Gasteiger partial charge in [0.15, 0.2) is 4.34 Å². The standard InChI is InChI=1S/C11H14N4O3S3/c1-2-18-9(17)5-8-15(7(16)6-20-8)3-4-19-11-14-13-10(12)21-11/h5H,2-4,6H2,1H3,(H2,12,13)/b8-5+. The average molecular weight is 346 g/mol. The molecule has 0 aliphatic carbocycles.